The van der Waals surface area contributed by atoms with E-state index < -0.39 is 4.92 Å². The number of hydrogen-bond acceptors (Lipinski definition) is 7. The van der Waals surface area contributed by atoms with Crippen LogP contribution < -0.4 is 15.0 Å². The second-order valence-electron chi connectivity index (χ2n) is 6.96. The van der Waals surface area contributed by atoms with Crippen LogP contribution in [0.5, 0.6) is 5.75 Å². The summed E-state index contributed by atoms with van der Waals surface area (Å²) in [4.78, 5) is 15.9. The van der Waals surface area contributed by atoms with E-state index in [-0.39, 0.29) is 11.4 Å². The first kappa shape index (κ1) is 19.2. The topological polar surface area (TPSA) is 94.7 Å². The average Bonchev–Trinajstić information content (AvgIpc) is 2.70. The molecule has 0 aliphatic carbocycles. The number of benzene rings is 1. The first-order valence-electron chi connectivity index (χ1n) is 9.32. The molecule has 0 saturated carbocycles. The fourth-order valence-corrected chi connectivity index (χ4v) is 4.08. The number of allylic oxidation sites excluding steroid dienone is 1. The number of methoxy groups -OCH3 is 1. The van der Waals surface area contributed by atoms with Gasteiger partial charge in [0.05, 0.1) is 12.0 Å². The van der Waals surface area contributed by atoms with Crippen LogP contribution >= 0.6 is 0 Å². The normalized spacial score (nSPS) is 20.7. The van der Waals surface area contributed by atoms with Gasteiger partial charge in [-0.3, -0.25) is 15.0 Å². The lowest BCUT2D eigenvalue weighted by atomic mass is 9.97. The molecule has 0 spiro atoms. The molecule has 2 aliphatic rings. The average molecular weight is 373 g/mol. The predicted octanol–water partition coefficient (Wildman–Crippen LogP) is 2.49. The van der Waals surface area contributed by atoms with Crippen LogP contribution in [0.2, 0.25) is 0 Å². The molecule has 2 aliphatic heterocycles. The molecule has 1 aromatic carbocycles. The van der Waals surface area contributed by atoms with Crippen LogP contribution in [-0.4, -0.2) is 62.4 Å². The zero-order chi connectivity index (χ0) is 19.4. The third-order valence-corrected chi connectivity index (χ3v) is 5.44. The summed E-state index contributed by atoms with van der Waals surface area (Å²) < 4.78 is 5.30. The van der Waals surface area contributed by atoms with Crippen molar-refractivity contribution >= 4 is 23.2 Å². The molecular weight excluding hydrogens is 346 g/mol. The van der Waals surface area contributed by atoms with Gasteiger partial charge in [-0.25, -0.2) is 0 Å². The summed E-state index contributed by atoms with van der Waals surface area (Å²) in [7, 11) is 3.20. The summed E-state index contributed by atoms with van der Waals surface area (Å²) in [6, 6.07) is 3.78. The molecule has 1 unspecified atom stereocenters. The van der Waals surface area contributed by atoms with Gasteiger partial charge in [0.1, 0.15) is 0 Å². The molecular formula is C19H27N5O3. The zero-order valence-electron chi connectivity index (χ0n) is 15.9. The van der Waals surface area contributed by atoms with Crippen molar-refractivity contribution < 1.29 is 9.66 Å². The van der Waals surface area contributed by atoms with Gasteiger partial charge in [-0.2, -0.15) is 0 Å². The lowest BCUT2D eigenvalue weighted by molar-refractivity contribution is -0.385. The number of piperazine rings is 1. The Labute approximate surface area is 159 Å². The quantitative estimate of drug-likeness (QED) is 0.452. The maximum Gasteiger partial charge on any atom is 0.311 e. The summed E-state index contributed by atoms with van der Waals surface area (Å²) in [6.45, 7) is 3.88. The highest BCUT2D eigenvalue weighted by molar-refractivity contribution is 6.11. The Morgan fingerprint density at radius 2 is 2.19 bits per heavy atom. The molecule has 3 rings (SSSR count). The van der Waals surface area contributed by atoms with E-state index in [9.17, 15) is 10.1 Å². The van der Waals surface area contributed by atoms with Gasteiger partial charge in [0.2, 0.25) is 0 Å². The molecule has 8 nitrogen and oxygen atoms in total. The summed E-state index contributed by atoms with van der Waals surface area (Å²) in [6.07, 6.45) is 6.60. The highest BCUT2D eigenvalue weighted by Crippen LogP contribution is 2.39. The molecule has 2 N–H and O–H groups in total. The van der Waals surface area contributed by atoms with Gasteiger partial charge < -0.3 is 20.4 Å². The Morgan fingerprint density at radius 1 is 1.37 bits per heavy atom. The van der Waals surface area contributed by atoms with Crippen LogP contribution in [0.15, 0.2) is 18.3 Å². The first-order chi connectivity index (χ1) is 13.1. The summed E-state index contributed by atoms with van der Waals surface area (Å²) in [5.41, 5.74) is 2.07. The van der Waals surface area contributed by atoms with E-state index in [1.165, 1.54) is 38.7 Å². The number of nitrogens with one attached hydrogen (secondary N) is 2. The number of anilines is 1. The molecule has 0 aromatic heterocycles. The highest BCUT2D eigenvalue weighted by Gasteiger charge is 2.31. The maximum absolute atomic E-state index is 11.5. The van der Waals surface area contributed by atoms with Crippen molar-refractivity contribution in [3.05, 3.63) is 34.0 Å². The Balaban J connectivity index is 2.05. The highest BCUT2D eigenvalue weighted by atomic mass is 16.6. The van der Waals surface area contributed by atoms with Gasteiger partial charge in [0.25, 0.3) is 0 Å². The Hall–Kier alpha value is -2.61. The smallest absolute Gasteiger partial charge is 0.311 e. The fraction of sp³-hybridized carbons (Fsp3) is 0.526. The predicted molar refractivity (Wildman–Crippen MR) is 107 cm³/mol. The molecule has 0 amide bonds. The van der Waals surface area contributed by atoms with E-state index in [1.54, 1.807) is 19.3 Å². The Morgan fingerprint density at radius 3 is 2.85 bits per heavy atom. The van der Waals surface area contributed by atoms with E-state index in [0.717, 1.165) is 31.9 Å². The summed E-state index contributed by atoms with van der Waals surface area (Å²) >= 11 is 0. The summed E-state index contributed by atoms with van der Waals surface area (Å²) in [5, 5.41) is 22.2. The van der Waals surface area contributed by atoms with E-state index >= 15 is 0 Å². The van der Waals surface area contributed by atoms with Gasteiger partial charge in [-0.1, -0.05) is 6.42 Å². The molecule has 8 heteroatoms. The van der Waals surface area contributed by atoms with Crippen molar-refractivity contribution in [1.82, 2.24) is 10.2 Å². The second kappa shape index (κ2) is 8.39. The maximum atomic E-state index is 11.5. The molecule has 0 radical (unpaired) electrons. The zero-order valence-corrected chi connectivity index (χ0v) is 15.9. The largest absolute Gasteiger partial charge is 0.490 e. The van der Waals surface area contributed by atoms with E-state index in [0.29, 0.717) is 17.2 Å². The molecule has 2 heterocycles. The summed E-state index contributed by atoms with van der Waals surface area (Å²) in [5.74, 6) is 0.249. The van der Waals surface area contributed by atoms with E-state index in [1.807, 2.05) is 0 Å². The number of rotatable bonds is 6. The molecule has 146 valence electrons. The van der Waals surface area contributed by atoms with Crippen molar-refractivity contribution in [2.24, 2.45) is 0 Å². The van der Waals surface area contributed by atoms with Crippen LogP contribution in [0.3, 0.4) is 0 Å². The monoisotopic (exact) mass is 373 g/mol. The number of nitro benzene ring substituents is 1. The molecule has 1 atom stereocenters. The molecule has 27 heavy (non-hydrogen) atoms. The van der Waals surface area contributed by atoms with Crippen LogP contribution in [-0.2, 0) is 0 Å². The molecule has 0 bridgehead atoms. The lowest BCUT2D eigenvalue weighted by Gasteiger charge is -2.45. The molecule has 1 aromatic rings. The second-order valence-corrected chi connectivity index (χ2v) is 6.96. The molecule has 2 fully saturated rings. The number of nitro groups is 1. The minimum absolute atomic E-state index is 0.0867. The SMILES string of the molecule is CN/C=C(\C=N)c1cc([N+](=O)[O-])c(OC)cc1N1CCN2CCCCC2C1. The van der Waals surface area contributed by atoms with Gasteiger partial charge in [0.15, 0.2) is 5.75 Å². The fourth-order valence-electron chi connectivity index (χ4n) is 4.08. The minimum Gasteiger partial charge on any atom is -0.490 e. The van der Waals surface area contributed by atoms with E-state index in [2.05, 4.69) is 15.1 Å². The van der Waals surface area contributed by atoms with Gasteiger partial charge in [0, 0.05) is 74.1 Å². The van der Waals surface area contributed by atoms with Gasteiger partial charge >= 0.3 is 5.69 Å². The third kappa shape index (κ3) is 3.90. The van der Waals surface area contributed by atoms with Crippen LogP contribution in [0, 0.1) is 15.5 Å². The number of nitrogens with zero attached hydrogens (tertiary/aromatic N) is 3. The number of ether oxygens (including phenoxy) is 1. The number of hydrogen-bond donors (Lipinski definition) is 2. The third-order valence-electron chi connectivity index (χ3n) is 5.44. The standard InChI is InChI=1S/C19H27N5O3/c1-21-12-14(11-20)16-9-18(24(25)26)19(27-2)10-17(16)23-8-7-22-6-4-3-5-15(22)13-23/h9-12,15,20-21H,3-8,13H2,1-2H3/b14-12+,20-11?. The van der Waals surface area contributed by atoms with Gasteiger partial charge in [-0.15, -0.1) is 0 Å². The Kier molecular flexibility index (Phi) is 5.95. The molecule has 2 saturated heterocycles. The van der Waals surface area contributed by atoms with Crippen LogP contribution in [0.1, 0.15) is 24.8 Å². The minimum atomic E-state index is -0.438. The van der Waals surface area contributed by atoms with Crippen LogP contribution in [0.25, 0.3) is 5.57 Å². The van der Waals surface area contributed by atoms with Crippen molar-refractivity contribution in [1.29, 1.82) is 5.41 Å². The lowest BCUT2D eigenvalue weighted by Crippen LogP contribution is -2.55. The van der Waals surface area contributed by atoms with Crippen molar-refractivity contribution in [3.63, 3.8) is 0 Å². The number of piperidine rings is 1. The van der Waals surface area contributed by atoms with E-state index in [4.69, 9.17) is 10.1 Å². The Bertz CT molecular complexity index is 749. The van der Waals surface area contributed by atoms with Crippen molar-refractivity contribution in [3.8, 4) is 5.75 Å². The van der Waals surface area contributed by atoms with Crippen molar-refractivity contribution in [2.75, 3.05) is 45.2 Å². The first-order valence-corrected chi connectivity index (χ1v) is 9.32. The van der Waals surface area contributed by atoms with Gasteiger partial charge in [-0.05, 0) is 19.4 Å². The van der Waals surface area contributed by atoms with Crippen molar-refractivity contribution in [2.45, 2.75) is 25.3 Å². The number of fused-ring (bicyclic) bond motifs is 1. The van der Waals surface area contributed by atoms with Crippen LogP contribution in [0.4, 0.5) is 11.4 Å².